The molecule has 5 heteroatoms. The summed E-state index contributed by atoms with van der Waals surface area (Å²) in [4.78, 5) is 16.8. The molecule has 0 spiro atoms. The normalized spacial score (nSPS) is 14.8. The van der Waals surface area contributed by atoms with Crippen LogP contribution in [0.25, 0.3) is 11.0 Å². The fourth-order valence-electron chi connectivity index (χ4n) is 3.12. The molecule has 1 fully saturated rings. The Morgan fingerprint density at radius 3 is 2.50 bits per heavy atom. The molecule has 3 rings (SSSR count). The first-order chi connectivity index (χ1) is 12.3. The molecular weight excluding hydrogens is 326 g/mol. The van der Waals surface area contributed by atoms with Crippen LogP contribution < -0.4 is 5.32 Å². The molecule has 5 nitrogen and oxygen atoms in total. The number of nitrogens with zero attached hydrogens (tertiary/aromatic N) is 2. The van der Waals surface area contributed by atoms with Gasteiger partial charge in [-0.3, -0.25) is 10.1 Å². The third-order valence-corrected chi connectivity index (χ3v) is 4.68. The van der Waals surface area contributed by atoms with Crippen molar-refractivity contribution in [3.63, 3.8) is 0 Å². The number of hydrogen-bond donors (Lipinski definition) is 2. The third kappa shape index (κ3) is 4.44. The summed E-state index contributed by atoms with van der Waals surface area (Å²) in [6, 6.07) is 6.20. The molecule has 144 valence electrons. The molecule has 0 bridgehead atoms. The van der Waals surface area contributed by atoms with Crippen LogP contribution in [-0.2, 0) is 10.4 Å². The highest BCUT2D eigenvalue weighted by Gasteiger charge is 2.27. The van der Waals surface area contributed by atoms with Crippen molar-refractivity contribution in [1.82, 2.24) is 9.55 Å². The molecule has 1 aliphatic rings. The van der Waals surface area contributed by atoms with E-state index in [1.807, 2.05) is 45.9 Å². The van der Waals surface area contributed by atoms with Crippen molar-refractivity contribution in [3.05, 3.63) is 23.8 Å². The van der Waals surface area contributed by atoms with Gasteiger partial charge in [-0.15, -0.1) is 0 Å². The fourth-order valence-corrected chi connectivity index (χ4v) is 3.12. The van der Waals surface area contributed by atoms with Gasteiger partial charge < -0.3 is 9.67 Å². The first-order valence-electron chi connectivity index (χ1n) is 9.80. The van der Waals surface area contributed by atoms with Gasteiger partial charge >= 0.3 is 0 Å². The van der Waals surface area contributed by atoms with Crippen molar-refractivity contribution in [2.75, 3.05) is 5.32 Å². The second-order valence-electron chi connectivity index (χ2n) is 7.80. The summed E-state index contributed by atoms with van der Waals surface area (Å²) in [5, 5.41) is 13.3. The lowest BCUT2D eigenvalue weighted by Gasteiger charge is -2.29. The average molecular weight is 360 g/mol. The summed E-state index contributed by atoms with van der Waals surface area (Å²) < 4.78 is 2.15. The van der Waals surface area contributed by atoms with Gasteiger partial charge in [0.15, 0.2) is 0 Å². The number of fused-ring (bicyclic) bond motifs is 1. The van der Waals surface area contributed by atoms with Gasteiger partial charge in [0.25, 0.3) is 0 Å². The van der Waals surface area contributed by atoms with Crippen molar-refractivity contribution >= 4 is 22.9 Å². The first kappa shape index (κ1) is 20.4. The summed E-state index contributed by atoms with van der Waals surface area (Å²) in [6.07, 6.45) is 3.90. The van der Waals surface area contributed by atoms with E-state index in [1.54, 1.807) is 13.8 Å². The molecule has 0 atom stereocenters. The predicted octanol–water partition coefficient (Wildman–Crippen LogP) is 5.00. The Hall–Kier alpha value is -1.88. The van der Waals surface area contributed by atoms with Crippen LogP contribution in [0.1, 0.15) is 78.8 Å². The number of carbonyl (C=O) groups excluding carboxylic acids is 1. The quantitative estimate of drug-likeness (QED) is 0.789. The molecule has 0 aliphatic heterocycles. The molecule has 1 aromatic heterocycles. The van der Waals surface area contributed by atoms with Crippen LogP contribution in [-0.4, -0.2) is 20.6 Å². The van der Waals surface area contributed by atoms with Crippen LogP contribution in [0, 0.1) is 5.92 Å². The van der Waals surface area contributed by atoms with Crippen LogP contribution in [0.5, 0.6) is 0 Å². The number of aromatic nitrogens is 2. The maximum absolute atomic E-state index is 12.2. The van der Waals surface area contributed by atoms with Crippen LogP contribution >= 0.6 is 0 Å². The Balaban J connectivity index is 0.00000117. The SMILES string of the molecule is CC.CC(C)CC(=O)Nc1nc2ccc(C(C)(C)O)cc2n1C1CCC1. The maximum atomic E-state index is 12.2. The van der Waals surface area contributed by atoms with E-state index in [0.29, 0.717) is 24.3 Å². The zero-order valence-corrected chi connectivity index (χ0v) is 17.0. The summed E-state index contributed by atoms with van der Waals surface area (Å²) in [6.45, 7) is 11.6. The van der Waals surface area contributed by atoms with Crippen LogP contribution in [0.2, 0.25) is 0 Å². The van der Waals surface area contributed by atoms with E-state index in [0.717, 1.165) is 29.4 Å². The number of anilines is 1. The zero-order valence-electron chi connectivity index (χ0n) is 17.0. The van der Waals surface area contributed by atoms with Crippen molar-refractivity contribution in [1.29, 1.82) is 0 Å². The number of benzene rings is 1. The Kier molecular flexibility index (Phi) is 6.45. The molecule has 2 N–H and O–H groups in total. The average Bonchev–Trinajstić information content (AvgIpc) is 2.83. The van der Waals surface area contributed by atoms with Gasteiger partial charge in [0, 0.05) is 12.5 Å². The molecule has 1 aliphatic carbocycles. The van der Waals surface area contributed by atoms with Gasteiger partial charge in [-0.05, 0) is 56.7 Å². The number of hydrogen-bond acceptors (Lipinski definition) is 3. The Labute approximate surface area is 156 Å². The lowest BCUT2D eigenvalue weighted by atomic mass is 9.92. The van der Waals surface area contributed by atoms with E-state index in [9.17, 15) is 9.90 Å². The molecule has 0 saturated heterocycles. The Bertz CT molecular complexity index is 752. The second-order valence-corrected chi connectivity index (χ2v) is 7.80. The summed E-state index contributed by atoms with van der Waals surface area (Å²) >= 11 is 0. The monoisotopic (exact) mass is 359 g/mol. The maximum Gasteiger partial charge on any atom is 0.226 e. The number of amides is 1. The molecule has 26 heavy (non-hydrogen) atoms. The molecule has 1 amide bonds. The lowest BCUT2D eigenvalue weighted by Crippen LogP contribution is -2.23. The standard InChI is InChI=1S/C19H27N3O2.C2H6/c1-12(2)10-17(23)21-18-20-15-9-8-13(19(3,4)24)11-16(15)22(18)14-6-5-7-14;1-2/h8-9,11-12,14,24H,5-7,10H2,1-4H3,(H,20,21,23);1-2H3. The van der Waals surface area contributed by atoms with Crippen LogP contribution in [0.4, 0.5) is 5.95 Å². The van der Waals surface area contributed by atoms with Gasteiger partial charge in [-0.2, -0.15) is 0 Å². The minimum absolute atomic E-state index is 0.00333. The van der Waals surface area contributed by atoms with E-state index in [-0.39, 0.29) is 5.91 Å². The van der Waals surface area contributed by atoms with Crippen molar-refractivity contribution < 1.29 is 9.90 Å². The number of imidazole rings is 1. The highest BCUT2D eigenvalue weighted by molar-refractivity contribution is 5.91. The number of carbonyl (C=O) groups is 1. The van der Waals surface area contributed by atoms with Gasteiger partial charge in [0.05, 0.1) is 16.6 Å². The van der Waals surface area contributed by atoms with Crippen molar-refractivity contribution in [3.8, 4) is 0 Å². The van der Waals surface area contributed by atoms with Gasteiger partial charge in [-0.1, -0.05) is 33.8 Å². The zero-order chi connectivity index (χ0) is 19.5. The summed E-state index contributed by atoms with van der Waals surface area (Å²) in [5.41, 5.74) is 1.80. The van der Waals surface area contributed by atoms with Gasteiger partial charge in [-0.25, -0.2) is 4.98 Å². The largest absolute Gasteiger partial charge is 0.386 e. The minimum Gasteiger partial charge on any atom is -0.386 e. The molecule has 1 heterocycles. The van der Waals surface area contributed by atoms with Crippen molar-refractivity contribution in [2.45, 2.75) is 78.9 Å². The van der Waals surface area contributed by atoms with Crippen LogP contribution in [0.3, 0.4) is 0 Å². The molecule has 1 saturated carbocycles. The molecule has 2 aromatic rings. The second kappa shape index (κ2) is 8.21. The third-order valence-electron chi connectivity index (χ3n) is 4.68. The van der Waals surface area contributed by atoms with Gasteiger partial charge in [0.1, 0.15) is 0 Å². The smallest absolute Gasteiger partial charge is 0.226 e. The van der Waals surface area contributed by atoms with Crippen LogP contribution in [0.15, 0.2) is 18.2 Å². The summed E-state index contributed by atoms with van der Waals surface area (Å²) in [7, 11) is 0. The molecule has 0 radical (unpaired) electrons. The Morgan fingerprint density at radius 1 is 1.35 bits per heavy atom. The van der Waals surface area contributed by atoms with Crippen molar-refractivity contribution in [2.24, 2.45) is 5.92 Å². The molecule has 0 unspecified atom stereocenters. The number of nitrogens with one attached hydrogen (secondary N) is 1. The van der Waals surface area contributed by atoms with E-state index in [2.05, 4.69) is 14.9 Å². The van der Waals surface area contributed by atoms with Gasteiger partial charge in [0.2, 0.25) is 11.9 Å². The highest BCUT2D eigenvalue weighted by atomic mass is 16.3. The number of rotatable bonds is 5. The van der Waals surface area contributed by atoms with E-state index < -0.39 is 5.60 Å². The summed E-state index contributed by atoms with van der Waals surface area (Å²) in [5.74, 6) is 0.949. The minimum atomic E-state index is -0.899. The fraction of sp³-hybridized carbons (Fsp3) is 0.619. The predicted molar refractivity (Wildman–Crippen MR) is 107 cm³/mol. The van der Waals surface area contributed by atoms with E-state index in [4.69, 9.17) is 0 Å². The highest BCUT2D eigenvalue weighted by Crippen LogP contribution is 2.38. The Morgan fingerprint density at radius 2 is 2.00 bits per heavy atom. The topological polar surface area (TPSA) is 67.2 Å². The molecular formula is C21H33N3O2. The lowest BCUT2D eigenvalue weighted by molar-refractivity contribution is -0.116. The first-order valence-corrected chi connectivity index (χ1v) is 9.80. The van der Waals surface area contributed by atoms with E-state index in [1.165, 1.54) is 6.42 Å². The molecule has 1 aromatic carbocycles. The number of aliphatic hydroxyl groups is 1. The van der Waals surface area contributed by atoms with E-state index >= 15 is 0 Å².